The van der Waals surface area contributed by atoms with Gasteiger partial charge in [-0.3, -0.25) is 4.79 Å². The molecule has 0 spiro atoms. The van der Waals surface area contributed by atoms with Crippen LogP contribution < -0.4 is 5.32 Å². The van der Waals surface area contributed by atoms with Crippen LogP contribution in [0, 0.1) is 24.7 Å². The van der Waals surface area contributed by atoms with E-state index in [1.165, 1.54) is 11.1 Å². The van der Waals surface area contributed by atoms with Gasteiger partial charge in [-0.2, -0.15) is 0 Å². The number of para-hydroxylation sites is 1. The van der Waals surface area contributed by atoms with Crippen LogP contribution in [0.25, 0.3) is 0 Å². The summed E-state index contributed by atoms with van der Waals surface area (Å²) in [4.78, 5) is 12.1. The molecule has 1 saturated carbocycles. The molecule has 0 saturated heterocycles. The minimum Gasteiger partial charge on any atom is -0.392 e. The van der Waals surface area contributed by atoms with E-state index in [1.54, 1.807) is 0 Å². The maximum atomic E-state index is 12.1. The number of aryl methyl sites for hydroxylation is 1. The summed E-state index contributed by atoms with van der Waals surface area (Å²) >= 11 is 0. The molecule has 1 fully saturated rings. The van der Waals surface area contributed by atoms with Crippen molar-refractivity contribution in [2.75, 3.05) is 5.32 Å². The monoisotopic (exact) mass is 459 g/mol. The van der Waals surface area contributed by atoms with Crippen molar-refractivity contribution in [3.63, 3.8) is 0 Å². The Labute approximate surface area is 203 Å². The second-order valence-corrected chi connectivity index (χ2v) is 10.0. The van der Waals surface area contributed by atoms with Gasteiger partial charge in [-0.15, -0.1) is 0 Å². The lowest BCUT2D eigenvalue weighted by molar-refractivity contribution is -0.116. The van der Waals surface area contributed by atoms with Crippen molar-refractivity contribution in [3.05, 3.63) is 89.5 Å². The molecule has 4 nitrogen and oxygen atoms in total. The number of hydrogen-bond acceptors (Lipinski definition) is 3. The first-order valence-corrected chi connectivity index (χ1v) is 12.6. The molecule has 1 amide bonds. The molecule has 0 radical (unpaired) electrons. The summed E-state index contributed by atoms with van der Waals surface area (Å²) in [5.41, 5.74) is 4.64. The number of carbonyl (C=O) groups excluding carboxylic acids is 1. The van der Waals surface area contributed by atoms with Crippen LogP contribution in [-0.4, -0.2) is 28.3 Å². The fraction of sp³-hybridized carbons (Fsp3) is 0.433. The normalized spacial score (nSPS) is 24.7. The van der Waals surface area contributed by atoms with Crippen molar-refractivity contribution in [1.82, 2.24) is 0 Å². The summed E-state index contributed by atoms with van der Waals surface area (Å²) in [6.45, 7) is 2.06. The van der Waals surface area contributed by atoms with Crippen LogP contribution in [0.1, 0.15) is 49.7 Å². The van der Waals surface area contributed by atoms with Gasteiger partial charge in [0.1, 0.15) is 0 Å². The number of amides is 1. The lowest BCUT2D eigenvalue weighted by Crippen LogP contribution is -2.18. The van der Waals surface area contributed by atoms with E-state index in [9.17, 15) is 15.0 Å². The van der Waals surface area contributed by atoms with Crippen LogP contribution in [0.3, 0.4) is 0 Å². The summed E-state index contributed by atoms with van der Waals surface area (Å²) in [6.07, 6.45) is 11.3. The Bertz CT molecular complexity index is 1010. The minimum atomic E-state index is -0.538. The van der Waals surface area contributed by atoms with E-state index >= 15 is 0 Å². The van der Waals surface area contributed by atoms with Gasteiger partial charge in [-0.25, -0.2) is 0 Å². The van der Waals surface area contributed by atoms with Crippen molar-refractivity contribution >= 4 is 11.6 Å². The zero-order valence-corrected chi connectivity index (χ0v) is 20.1. The van der Waals surface area contributed by atoms with E-state index in [4.69, 9.17) is 0 Å². The van der Waals surface area contributed by atoms with Gasteiger partial charge in [-0.05, 0) is 68.6 Å². The number of carbonyl (C=O) groups is 1. The van der Waals surface area contributed by atoms with Crippen LogP contribution in [-0.2, 0) is 11.2 Å². The summed E-state index contributed by atoms with van der Waals surface area (Å²) in [6, 6.07) is 17.8. The third-order valence-electron chi connectivity index (χ3n) is 7.24. The van der Waals surface area contributed by atoms with Gasteiger partial charge >= 0.3 is 0 Å². The Morgan fingerprint density at radius 1 is 1.15 bits per heavy atom. The van der Waals surface area contributed by atoms with E-state index in [-0.39, 0.29) is 17.9 Å². The highest BCUT2D eigenvalue weighted by Crippen LogP contribution is 2.48. The Kier molecular flexibility index (Phi) is 8.36. The van der Waals surface area contributed by atoms with E-state index in [0.717, 1.165) is 43.4 Å². The number of rotatable bonds is 10. The first-order chi connectivity index (χ1) is 16.5. The quantitative estimate of drug-likeness (QED) is 0.320. The molecule has 2 aliphatic carbocycles. The molecule has 2 aromatic rings. The van der Waals surface area contributed by atoms with Gasteiger partial charge < -0.3 is 15.5 Å². The number of unbranched alkanes of at least 4 members (excludes halogenated alkanes) is 1. The van der Waals surface area contributed by atoms with Crippen molar-refractivity contribution in [3.8, 4) is 0 Å². The van der Waals surface area contributed by atoms with Crippen molar-refractivity contribution in [2.45, 2.75) is 64.1 Å². The second kappa shape index (κ2) is 11.6. The molecule has 4 rings (SSSR count). The topological polar surface area (TPSA) is 69.6 Å². The lowest BCUT2D eigenvalue weighted by Gasteiger charge is -2.19. The fourth-order valence-electron chi connectivity index (χ4n) is 5.58. The largest absolute Gasteiger partial charge is 0.392 e. The molecule has 3 N–H and O–H groups in total. The van der Waals surface area contributed by atoms with Gasteiger partial charge in [0.25, 0.3) is 0 Å². The molecule has 0 heterocycles. The number of allylic oxidation sites excluding steroid dienone is 2. The zero-order valence-electron chi connectivity index (χ0n) is 20.1. The van der Waals surface area contributed by atoms with Crippen LogP contribution >= 0.6 is 0 Å². The predicted molar refractivity (Wildman–Crippen MR) is 137 cm³/mol. The second-order valence-electron chi connectivity index (χ2n) is 10.0. The molecular weight excluding hydrogens is 422 g/mol. The van der Waals surface area contributed by atoms with E-state index in [2.05, 4.69) is 36.5 Å². The van der Waals surface area contributed by atoms with Crippen LogP contribution in [0.4, 0.5) is 5.69 Å². The highest BCUT2D eigenvalue weighted by Gasteiger charge is 2.43. The SMILES string of the molecule is Cc1cccc(C[C@H](O)C=C[C@@H]2[C@H]3CC(CCCCC(=O)Nc4ccccc4)=C[C@H]3C[C@H]2O)c1. The fourth-order valence-corrected chi connectivity index (χ4v) is 5.58. The molecule has 0 aromatic heterocycles. The number of anilines is 1. The lowest BCUT2D eigenvalue weighted by atomic mass is 9.88. The highest BCUT2D eigenvalue weighted by atomic mass is 16.3. The first kappa shape index (κ1) is 24.4. The van der Waals surface area contributed by atoms with Gasteiger partial charge in [0.05, 0.1) is 12.2 Å². The van der Waals surface area contributed by atoms with Gasteiger partial charge in [-0.1, -0.05) is 71.8 Å². The van der Waals surface area contributed by atoms with Crippen molar-refractivity contribution in [2.24, 2.45) is 17.8 Å². The Morgan fingerprint density at radius 3 is 2.76 bits per heavy atom. The van der Waals surface area contributed by atoms with Gasteiger partial charge in [0, 0.05) is 24.4 Å². The Hall–Kier alpha value is -2.69. The summed E-state index contributed by atoms with van der Waals surface area (Å²) in [5, 5.41) is 24.1. The van der Waals surface area contributed by atoms with Gasteiger partial charge in [0.2, 0.25) is 5.91 Å². The number of nitrogens with one attached hydrogen (secondary N) is 1. The standard InChI is InChI=1S/C30H37NO3/c1-21-8-7-10-22(16-21)18-26(32)14-15-27-28-19-23(17-24(28)20-29(27)33)9-5-6-13-30(34)31-25-11-3-2-4-12-25/h2-4,7-8,10-12,14-17,24,26-29,32-33H,5-6,9,13,18-20H2,1H3,(H,31,34)/t24-,26+,27+,28-,29+/m0/s1. The van der Waals surface area contributed by atoms with Crippen LogP contribution in [0.15, 0.2) is 78.4 Å². The Morgan fingerprint density at radius 2 is 1.97 bits per heavy atom. The molecule has 2 aromatic carbocycles. The molecule has 4 heteroatoms. The Balaban J connectivity index is 1.20. The molecular formula is C30H37NO3. The average Bonchev–Trinajstić information content (AvgIpc) is 3.32. The van der Waals surface area contributed by atoms with Crippen LogP contribution in [0.5, 0.6) is 0 Å². The molecule has 2 aliphatic rings. The highest BCUT2D eigenvalue weighted by molar-refractivity contribution is 5.90. The van der Waals surface area contributed by atoms with E-state index in [1.807, 2.05) is 48.5 Å². The molecule has 34 heavy (non-hydrogen) atoms. The maximum absolute atomic E-state index is 12.1. The number of aliphatic hydroxyl groups is 2. The zero-order chi connectivity index (χ0) is 23.9. The van der Waals surface area contributed by atoms with Crippen molar-refractivity contribution in [1.29, 1.82) is 0 Å². The minimum absolute atomic E-state index is 0.0704. The number of fused-ring (bicyclic) bond motifs is 1. The van der Waals surface area contributed by atoms with E-state index in [0.29, 0.717) is 24.7 Å². The molecule has 0 aliphatic heterocycles. The predicted octanol–water partition coefficient (Wildman–Crippen LogP) is 5.60. The number of hydrogen-bond donors (Lipinski definition) is 3. The summed E-state index contributed by atoms with van der Waals surface area (Å²) in [5.74, 6) is 1.02. The molecule has 5 atom stereocenters. The summed E-state index contributed by atoms with van der Waals surface area (Å²) in [7, 11) is 0. The van der Waals surface area contributed by atoms with E-state index < -0.39 is 6.10 Å². The third-order valence-corrected chi connectivity index (χ3v) is 7.24. The first-order valence-electron chi connectivity index (χ1n) is 12.6. The molecule has 180 valence electrons. The summed E-state index contributed by atoms with van der Waals surface area (Å²) < 4.78 is 0. The maximum Gasteiger partial charge on any atom is 0.224 e. The molecule has 0 unspecified atom stereocenters. The average molecular weight is 460 g/mol. The number of benzene rings is 2. The van der Waals surface area contributed by atoms with Gasteiger partial charge in [0.15, 0.2) is 0 Å². The van der Waals surface area contributed by atoms with Crippen LogP contribution in [0.2, 0.25) is 0 Å². The third kappa shape index (κ3) is 6.68. The number of aliphatic hydroxyl groups excluding tert-OH is 2. The van der Waals surface area contributed by atoms with Crippen molar-refractivity contribution < 1.29 is 15.0 Å². The molecule has 0 bridgehead atoms. The smallest absolute Gasteiger partial charge is 0.224 e.